The molecule has 2 aliphatic heterocycles. The Bertz CT molecular complexity index is 1440. The second-order valence-corrected chi connectivity index (χ2v) is 12.8. The van der Waals surface area contributed by atoms with Gasteiger partial charge in [-0.15, -0.1) is 0 Å². The number of nitrogens with zero attached hydrogens (tertiary/aromatic N) is 2. The zero-order valence-electron chi connectivity index (χ0n) is 23.2. The van der Waals surface area contributed by atoms with Gasteiger partial charge in [-0.25, -0.2) is 0 Å². The van der Waals surface area contributed by atoms with Crippen LogP contribution in [0.25, 0.3) is 10.9 Å². The van der Waals surface area contributed by atoms with E-state index in [4.69, 9.17) is 0 Å². The van der Waals surface area contributed by atoms with E-state index >= 15 is 0 Å². The smallest absolute Gasteiger partial charge is 0.289 e. The predicted octanol–water partition coefficient (Wildman–Crippen LogP) is 2.22. The number of likely N-dealkylation sites (tertiary alicyclic amines) is 1. The summed E-state index contributed by atoms with van der Waals surface area (Å²) in [5, 5.41) is 9.35. The normalized spacial score (nSPS) is 25.6. The SMILES string of the molecule is O=C(NC1CC1)C(=O)C(CC1CCNC1=O)NC(=O)C1CC2(CCN1C(=O)c1cc3ccccc3n1C1CC1)CC2. The molecule has 216 valence electrons. The van der Waals surface area contributed by atoms with E-state index in [1.54, 1.807) is 4.90 Å². The Morgan fingerprint density at radius 3 is 2.49 bits per heavy atom. The molecule has 3 unspecified atom stereocenters. The van der Waals surface area contributed by atoms with Crippen molar-refractivity contribution in [2.75, 3.05) is 13.1 Å². The molecule has 5 aliphatic rings. The van der Waals surface area contributed by atoms with Crippen molar-refractivity contribution in [3.63, 3.8) is 0 Å². The largest absolute Gasteiger partial charge is 0.356 e. The van der Waals surface area contributed by atoms with Crippen LogP contribution in [0.15, 0.2) is 30.3 Å². The fourth-order valence-electron chi connectivity index (χ4n) is 6.75. The van der Waals surface area contributed by atoms with Crippen LogP contribution in [0, 0.1) is 11.3 Å². The lowest BCUT2D eigenvalue weighted by Gasteiger charge is -2.39. The van der Waals surface area contributed by atoms with Crippen LogP contribution >= 0.6 is 0 Å². The van der Waals surface area contributed by atoms with Crippen LogP contribution in [0.4, 0.5) is 0 Å². The summed E-state index contributed by atoms with van der Waals surface area (Å²) in [6, 6.07) is 8.32. The molecule has 5 fully saturated rings. The van der Waals surface area contributed by atoms with Crippen molar-refractivity contribution < 1.29 is 24.0 Å². The molecule has 1 aromatic heterocycles. The molecule has 41 heavy (non-hydrogen) atoms. The lowest BCUT2D eigenvalue weighted by atomic mass is 9.86. The number of fused-ring (bicyclic) bond motifs is 1. The number of benzene rings is 1. The number of hydrogen-bond acceptors (Lipinski definition) is 5. The number of piperidine rings is 1. The molecule has 3 atom stereocenters. The van der Waals surface area contributed by atoms with Gasteiger partial charge in [0.2, 0.25) is 17.6 Å². The third kappa shape index (κ3) is 5.13. The minimum absolute atomic E-state index is 0.00279. The van der Waals surface area contributed by atoms with Gasteiger partial charge in [-0.1, -0.05) is 18.2 Å². The molecule has 4 amide bonds. The summed E-state index contributed by atoms with van der Waals surface area (Å²) in [6.07, 6.45) is 7.75. The summed E-state index contributed by atoms with van der Waals surface area (Å²) >= 11 is 0. The summed E-state index contributed by atoms with van der Waals surface area (Å²) in [7, 11) is 0. The molecule has 2 aromatic rings. The van der Waals surface area contributed by atoms with E-state index in [0.717, 1.165) is 55.8 Å². The number of aromatic nitrogens is 1. The summed E-state index contributed by atoms with van der Waals surface area (Å²) in [5.41, 5.74) is 1.67. The molecule has 0 radical (unpaired) electrons. The molecule has 10 heteroatoms. The molecule has 10 nitrogen and oxygen atoms in total. The first-order valence-electron chi connectivity index (χ1n) is 15.2. The Morgan fingerprint density at radius 1 is 1.02 bits per heavy atom. The van der Waals surface area contributed by atoms with Gasteiger partial charge in [-0.2, -0.15) is 0 Å². The van der Waals surface area contributed by atoms with Gasteiger partial charge >= 0.3 is 0 Å². The quantitative estimate of drug-likeness (QED) is 0.406. The maximum absolute atomic E-state index is 14.2. The number of amides is 4. The minimum atomic E-state index is -1.12. The standard InChI is InChI=1S/C31H37N5O5/c37-26(29(40)33-20-5-6-20)22(15-19-9-13-32-27(19)38)34-28(39)25-17-31(10-11-31)12-14-35(25)30(41)24-16-18-3-1-2-4-23(18)36(24)21-7-8-21/h1-4,16,19-22,25H,5-15,17H2,(H,32,38)(H,33,40)(H,34,39). The van der Waals surface area contributed by atoms with Gasteiger partial charge in [-0.05, 0) is 81.8 Å². The molecule has 3 aliphatic carbocycles. The van der Waals surface area contributed by atoms with Gasteiger partial charge in [0.15, 0.2) is 0 Å². The van der Waals surface area contributed by atoms with Crippen LogP contribution in [-0.2, 0) is 19.2 Å². The molecule has 0 bridgehead atoms. The van der Waals surface area contributed by atoms with Gasteiger partial charge in [0.25, 0.3) is 11.8 Å². The number of nitrogens with one attached hydrogen (secondary N) is 3. The van der Waals surface area contributed by atoms with E-state index in [0.29, 0.717) is 31.6 Å². The highest BCUT2D eigenvalue weighted by molar-refractivity contribution is 6.38. The second kappa shape index (κ2) is 9.99. The van der Waals surface area contributed by atoms with E-state index in [1.807, 2.05) is 30.3 Å². The van der Waals surface area contributed by atoms with Gasteiger partial charge in [-0.3, -0.25) is 24.0 Å². The maximum atomic E-state index is 14.2. The summed E-state index contributed by atoms with van der Waals surface area (Å²) in [4.78, 5) is 68.2. The van der Waals surface area contributed by atoms with Crippen molar-refractivity contribution in [1.82, 2.24) is 25.4 Å². The summed E-state index contributed by atoms with van der Waals surface area (Å²) in [5.74, 6) is -2.67. The molecule has 1 spiro atoms. The van der Waals surface area contributed by atoms with Crippen LogP contribution in [-0.4, -0.2) is 70.1 Å². The van der Waals surface area contributed by atoms with Crippen molar-refractivity contribution in [3.05, 3.63) is 36.0 Å². The molecule has 3 N–H and O–H groups in total. The lowest BCUT2D eigenvalue weighted by molar-refractivity contribution is -0.141. The first-order chi connectivity index (χ1) is 19.8. The van der Waals surface area contributed by atoms with Crippen LogP contribution < -0.4 is 16.0 Å². The molecular formula is C31H37N5O5. The Labute approximate surface area is 238 Å². The van der Waals surface area contributed by atoms with Crippen molar-refractivity contribution >= 4 is 40.3 Å². The third-order valence-electron chi connectivity index (χ3n) is 9.74. The predicted molar refractivity (Wildman–Crippen MR) is 150 cm³/mol. The monoisotopic (exact) mass is 559 g/mol. The summed E-state index contributed by atoms with van der Waals surface area (Å²) < 4.78 is 2.13. The first-order valence-corrected chi connectivity index (χ1v) is 15.2. The Morgan fingerprint density at radius 2 is 1.80 bits per heavy atom. The van der Waals surface area contributed by atoms with Gasteiger partial charge < -0.3 is 25.4 Å². The number of carbonyl (C=O) groups is 5. The number of hydrogen-bond donors (Lipinski definition) is 3. The topological polar surface area (TPSA) is 130 Å². The van der Waals surface area contributed by atoms with Crippen LogP contribution in [0.1, 0.15) is 80.7 Å². The number of Topliss-reactive ketones (excluding diaryl/α,β-unsaturated/α-hetero) is 1. The van der Waals surface area contributed by atoms with Crippen LogP contribution in [0.5, 0.6) is 0 Å². The summed E-state index contributed by atoms with van der Waals surface area (Å²) in [6.45, 7) is 0.976. The van der Waals surface area contributed by atoms with Gasteiger partial charge in [0.1, 0.15) is 11.7 Å². The van der Waals surface area contributed by atoms with Crippen molar-refractivity contribution in [1.29, 1.82) is 0 Å². The molecular weight excluding hydrogens is 522 g/mol. The molecule has 3 heterocycles. The van der Waals surface area contributed by atoms with E-state index in [-0.39, 0.29) is 35.7 Å². The highest BCUT2D eigenvalue weighted by Gasteiger charge is 2.52. The number of para-hydroxylation sites is 1. The fraction of sp³-hybridized carbons (Fsp3) is 0.581. The molecule has 7 rings (SSSR count). The Kier molecular flexibility index (Phi) is 6.39. The highest BCUT2D eigenvalue weighted by atomic mass is 16.2. The van der Waals surface area contributed by atoms with E-state index < -0.39 is 35.6 Å². The minimum Gasteiger partial charge on any atom is -0.356 e. The van der Waals surface area contributed by atoms with Crippen molar-refractivity contribution in [2.24, 2.45) is 11.3 Å². The van der Waals surface area contributed by atoms with E-state index in [1.165, 1.54) is 0 Å². The third-order valence-corrected chi connectivity index (χ3v) is 9.74. The van der Waals surface area contributed by atoms with Gasteiger partial charge in [0, 0.05) is 42.0 Å². The Balaban J connectivity index is 1.15. The second-order valence-electron chi connectivity index (χ2n) is 12.8. The maximum Gasteiger partial charge on any atom is 0.289 e. The molecule has 2 saturated heterocycles. The zero-order chi connectivity index (χ0) is 28.3. The first kappa shape index (κ1) is 26.2. The van der Waals surface area contributed by atoms with Crippen molar-refractivity contribution in [2.45, 2.75) is 88.4 Å². The number of carbonyl (C=O) groups excluding carboxylic acids is 5. The molecule has 3 saturated carbocycles. The molecule has 1 aromatic carbocycles. The zero-order valence-corrected chi connectivity index (χ0v) is 23.2. The number of rotatable bonds is 9. The van der Waals surface area contributed by atoms with Crippen LogP contribution in [0.2, 0.25) is 0 Å². The van der Waals surface area contributed by atoms with E-state index in [2.05, 4.69) is 20.5 Å². The number of ketones is 1. The van der Waals surface area contributed by atoms with E-state index in [9.17, 15) is 24.0 Å². The van der Waals surface area contributed by atoms with Gasteiger partial charge in [0.05, 0.1) is 6.04 Å². The Hall–Kier alpha value is -3.69. The average Bonchev–Trinajstić information content (AvgIpc) is 3.92. The highest BCUT2D eigenvalue weighted by Crippen LogP contribution is 2.55. The fourth-order valence-corrected chi connectivity index (χ4v) is 6.75. The average molecular weight is 560 g/mol. The van der Waals surface area contributed by atoms with Crippen LogP contribution in [0.3, 0.4) is 0 Å². The lowest BCUT2D eigenvalue weighted by Crippen LogP contribution is -2.58. The van der Waals surface area contributed by atoms with Crippen molar-refractivity contribution in [3.8, 4) is 0 Å².